The molecule has 0 bridgehead atoms. The molecule has 2 aromatic carbocycles. The van der Waals surface area contributed by atoms with E-state index in [9.17, 15) is 17.6 Å². The van der Waals surface area contributed by atoms with Crippen molar-refractivity contribution in [3.05, 3.63) is 53.8 Å². The highest BCUT2D eigenvalue weighted by Crippen LogP contribution is 2.30. The first-order chi connectivity index (χ1) is 13.9. The number of nitrogens with zero attached hydrogens (tertiary/aromatic N) is 1. The third-order valence-corrected chi connectivity index (χ3v) is 6.73. The van der Waals surface area contributed by atoms with Gasteiger partial charge < -0.3 is 10.1 Å². The third-order valence-electron chi connectivity index (χ3n) is 4.81. The molecule has 0 spiro atoms. The Labute approximate surface area is 170 Å². The number of amides is 1. The largest absolute Gasteiger partial charge is 0.492 e. The Morgan fingerprint density at radius 1 is 1.10 bits per heavy atom. The fourth-order valence-electron chi connectivity index (χ4n) is 3.30. The molecule has 0 saturated carbocycles. The first-order valence-corrected chi connectivity index (χ1v) is 11.2. The number of benzene rings is 2. The normalized spacial score (nSPS) is 15.5. The van der Waals surface area contributed by atoms with Gasteiger partial charge in [-0.25, -0.2) is 12.8 Å². The summed E-state index contributed by atoms with van der Waals surface area (Å²) in [7, 11) is -3.82. The second-order valence-corrected chi connectivity index (χ2v) is 8.75. The molecule has 3 rings (SSSR count). The molecule has 2 aromatic rings. The van der Waals surface area contributed by atoms with Crippen LogP contribution in [0.25, 0.3) is 0 Å². The van der Waals surface area contributed by atoms with Crippen LogP contribution in [0.4, 0.5) is 10.1 Å². The Kier molecular flexibility index (Phi) is 6.87. The van der Waals surface area contributed by atoms with Crippen LogP contribution in [0.5, 0.6) is 5.75 Å². The van der Waals surface area contributed by atoms with Crippen LogP contribution in [0.1, 0.15) is 43.0 Å². The Balaban J connectivity index is 1.95. The maximum Gasteiger partial charge on any atom is 0.255 e. The highest BCUT2D eigenvalue weighted by Gasteiger charge is 2.29. The number of rotatable bonds is 6. The molecule has 0 unspecified atom stereocenters. The monoisotopic (exact) mass is 420 g/mol. The van der Waals surface area contributed by atoms with Crippen molar-refractivity contribution in [3.63, 3.8) is 0 Å². The molecular formula is C21H25FN2O4S. The molecule has 156 valence electrons. The Morgan fingerprint density at radius 2 is 1.79 bits per heavy atom. The summed E-state index contributed by atoms with van der Waals surface area (Å²) in [5, 5.41) is 2.48. The summed E-state index contributed by atoms with van der Waals surface area (Å²) in [6.45, 7) is 2.95. The molecular weight excluding hydrogens is 395 g/mol. The van der Waals surface area contributed by atoms with Crippen LogP contribution in [0, 0.1) is 5.82 Å². The summed E-state index contributed by atoms with van der Waals surface area (Å²) < 4.78 is 47.4. The highest BCUT2D eigenvalue weighted by atomic mass is 32.2. The second-order valence-electron chi connectivity index (χ2n) is 6.85. The molecule has 0 radical (unpaired) electrons. The fraction of sp³-hybridized carbons (Fsp3) is 0.381. The van der Waals surface area contributed by atoms with Crippen molar-refractivity contribution in [2.45, 2.75) is 37.5 Å². The number of carbonyl (C=O) groups is 1. The number of halogens is 1. The molecule has 1 heterocycles. The molecule has 0 atom stereocenters. The minimum Gasteiger partial charge on any atom is -0.492 e. The Bertz CT molecular complexity index is 970. The van der Waals surface area contributed by atoms with E-state index < -0.39 is 21.7 Å². The second kappa shape index (κ2) is 9.37. The number of nitrogens with one attached hydrogen (secondary N) is 1. The summed E-state index contributed by atoms with van der Waals surface area (Å²) >= 11 is 0. The van der Waals surface area contributed by atoms with Gasteiger partial charge in [0.05, 0.1) is 12.3 Å². The van der Waals surface area contributed by atoms with Gasteiger partial charge in [-0.15, -0.1) is 0 Å². The average molecular weight is 421 g/mol. The first-order valence-electron chi connectivity index (χ1n) is 9.76. The van der Waals surface area contributed by atoms with Crippen molar-refractivity contribution in [1.29, 1.82) is 0 Å². The zero-order valence-corrected chi connectivity index (χ0v) is 17.2. The SMILES string of the molecule is CCOc1ccc(C(=O)Nc2ccccc2F)cc1S(=O)(=O)N1CCCCCC1. The Hall–Kier alpha value is -2.45. The maximum atomic E-state index is 13.8. The molecule has 0 aliphatic carbocycles. The maximum absolute atomic E-state index is 13.8. The van der Waals surface area contributed by atoms with Crippen LogP contribution < -0.4 is 10.1 Å². The smallest absolute Gasteiger partial charge is 0.255 e. The average Bonchev–Trinajstić information content (AvgIpc) is 3.00. The van der Waals surface area contributed by atoms with E-state index in [1.165, 1.54) is 40.7 Å². The highest BCUT2D eigenvalue weighted by molar-refractivity contribution is 7.89. The molecule has 6 nitrogen and oxygen atoms in total. The minimum absolute atomic E-state index is 0.0308. The molecule has 1 saturated heterocycles. The van der Waals surface area contributed by atoms with Gasteiger partial charge >= 0.3 is 0 Å². The quantitative estimate of drug-likeness (QED) is 0.765. The molecule has 1 fully saturated rings. The zero-order chi connectivity index (χ0) is 20.9. The summed E-state index contributed by atoms with van der Waals surface area (Å²) in [6.07, 6.45) is 3.60. The molecule has 1 N–H and O–H groups in total. The lowest BCUT2D eigenvalue weighted by Gasteiger charge is -2.22. The third kappa shape index (κ3) is 4.94. The number of carbonyl (C=O) groups excluding carboxylic acids is 1. The molecule has 29 heavy (non-hydrogen) atoms. The number of ether oxygens (including phenoxy) is 1. The lowest BCUT2D eigenvalue weighted by molar-refractivity contribution is 0.102. The minimum atomic E-state index is -3.82. The van der Waals surface area contributed by atoms with E-state index in [1.807, 2.05) is 0 Å². The van der Waals surface area contributed by atoms with Crippen molar-refractivity contribution < 1.29 is 22.3 Å². The van der Waals surface area contributed by atoms with Gasteiger partial charge in [-0.2, -0.15) is 4.31 Å². The van der Waals surface area contributed by atoms with Crippen molar-refractivity contribution >= 4 is 21.6 Å². The summed E-state index contributed by atoms with van der Waals surface area (Å²) in [4.78, 5) is 12.6. The van der Waals surface area contributed by atoms with E-state index in [-0.39, 0.29) is 21.9 Å². The number of hydrogen-bond donors (Lipinski definition) is 1. The van der Waals surface area contributed by atoms with Crippen LogP contribution in [0.3, 0.4) is 0 Å². The van der Waals surface area contributed by atoms with Gasteiger partial charge in [0.15, 0.2) is 0 Å². The topological polar surface area (TPSA) is 75.7 Å². The van der Waals surface area contributed by atoms with E-state index in [0.717, 1.165) is 25.7 Å². The van der Waals surface area contributed by atoms with Gasteiger partial charge in [0.1, 0.15) is 16.5 Å². The van der Waals surface area contributed by atoms with Crippen LogP contribution in [0.15, 0.2) is 47.4 Å². The number of anilines is 1. The Morgan fingerprint density at radius 3 is 2.45 bits per heavy atom. The van der Waals surface area contributed by atoms with E-state index in [1.54, 1.807) is 13.0 Å². The molecule has 1 aliphatic rings. The fourth-order valence-corrected chi connectivity index (χ4v) is 4.98. The van der Waals surface area contributed by atoms with Crippen molar-refractivity contribution in [3.8, 4) is 5.75 Å². The van der Waals surface area contributed by atoms with Crippen molar-refractivity contribution in [1.82, 2.24) is 4.31 Å². The molecule has 0 aromatic heterocycles. The predicted octanol–water partition coefficient (Wildman–Crippen LogP) is 4.04. The van der Waals surface area contributed by atoms with E-state index >= 15 is 0 Å². The van der Waals surface area contributed by atoms with Crippen LogP contribution in [-0.2, 0) is 10.0 Å². The summed E-state index contributed by atoms with van der Waals surface area (Å²) in [5.41, 5.74) is 0.147. The van der Waals surface area contributed by atoms with Gasteiger partial charge in [-0.1, -0.05) is 25.0 Å². The predicted molar refractivity (Wildman–Crippen MR) is 109 cm³/mol. The number of sulfonamides is 1. The first kappa shape index (κ1) is 21.3. The molecule has 8 heteroatoms. The standard InChI is InChI=1S/C21H25FN2O4S/c1-2-28-19-12-11-16(21(25)23-18-10-6-5-9-17(18)22)15-20(19)29(26,27)24-13-7-3-4-8-14-24/h5-6,9-12,15H,2-4,7-8,13-14H2,1H3,(H,23,25). The van der Waals surface area contributed by atoms with Crippen LogP contribution in [-0.4, -0.2) is 38.3 Å². The van der Waals surface area contributed by atoms with Crippen LogP contribution in [0.2, 0.25) is 0 Å². The van der Waals surface area contributed by atoms with Gasteiger partial charge in [0, 0.05) is 18.7 Å². The lowest BCUT2D eigenvalue weighted by atomic mass is 10.2. The molecule has 1 amide bonds. The zero-order valence-electron chi connectivity index (χ0n) is 16.4. The summed E-state index contributed by atoms with van der Waals surface area (Å²) in [6, 6.07) is 10.1. The lowest BCUT2D eigenvalue weighted by Crippen LogP contribution is -2.32. The summed E-state index contributed by atoms with van der Waals surface area (Å²) in [5.74, 6) is -0.950. The van der Waals surface area contributed by atoms with E-state index in [4.69, 9.17) is 4.74 Å². The van der Waals surface area contributed by atoms with Crippen LogP contribution >= 0.6 is 0 Å². The van der Waals surface area contributed by atoms with E-state index in [2.05, 4.69) is 5.32 Å². The van der Waals surface area contributed by atoms with Gasteiger partial charge in [0.25, 0.3) is 5.91 Å². The molecule has 1 aliphatic heterocycles. The van der Waals surface area contributed by atoms with Gasteiger partial charge in [-0.05, 0) is 50.1 Å². The number of hydrogen-bond acceptors (Lipinski definition) is 4. The number of para-hydroxylation sites is 1. The van der Waals surface area contributed by atoms with Crippen molar-refractivity contribution in [2.75, 3.05) is 25.0 Å². The van der Waals surface area contributed by atoms with Gasteiger partial charge in [0.2, 0.25) is 10.0 Å². The van der Waals surface area contributed by atoms with E-state index in [0.29, 0.717) is 19.7 Å². The van der Waals surface area contributed by atoms with Crippen molar-refractivity contribution in [2.24, 2.45) is 0 Å². The van der Waals surface area contributed by atoms with Gasteiger partial charge in [-0.3, -0.25) is 4.79 Å².